The first-order valence-corrected chi connectivity index (χ1v) is 15.2. The van der Waals surface area contributed by atoms with Gasteiger partial charge >= 0.3 is 0 Å². The number of carbonyl (C=O) groups is 1. The number of hydrogen-bond acceptors (Lipinski definition) is 7. The molecule has 212 valence electrons. The first kappa shape index (κ1) is 29.7. The predicted molar refractivity (Wildman–Crippen MR) is 153 cm³/mol. The van der Waals surface area contributed by atoms with Gasteiger partial charge in [0, 0.05) is 41.6 Å². The highest BCUT2D eigenvalue weighted by Crippen LogP contribution is 2.45. The van der Waals surface area contributed by atoms with E-state index in [2.05, 4.69) is 21.2 Å². The summed E-state index contributed by atoms with van der Waals surface area (Å²) in [5.41, 5.74) is -0.553. The van der Waals surface area contributed by atoms with E-state index >= 15 is 0 Å². The molecule has 0 fully saturated rings. The molecular weight excluding hydrogens is 603 g/mol. The third-order valence-electron chi connectivity index (χ3n) is 6.45. The number of ether oxygens (including phenoxy) is 2. The van der Waals surface area contributed by atoms with Gasteiger partial charge in [0.2, 0.25) is 5.90 Å². The highest BCUT2D eigenvalue weighted by Gasteiger charge is 2.54. The van der Waals surface area contributed by atoms with Crippen LogP contribution in [0.15, 0.2) is 93.2 Å². The number of nitrogens with zero attached hydrogens (tertiary/aromatic N) is 1. The molecule has 1 aliphatic heterocycles. The van der Waals surface area contributed by atoms with Crippen LogP contribution in [0.1, 0.15) is 30.1 Å². The molecule has 0 radical (unpaired) electrons. The monoisotopic (exact) mass is 632 g/mol. The van der Waals surface area contributed by atoms with Gasteiger partial charge < -0.3 is 19.9 Å². The van der Waals surface area contributed by atoms with E-state index in [9.17, 15) is 17.6 Å². The second-order valence-corrected chi connectivity index (χ2v) is 12.1. The van der Waals surface area contributed by atoms with Gasteiger partial charge in [0.1, 0.15) is 12.4 Å². The van der Waals surface area contributed by atoms with E-state index in [-0.39, 0.29) is 30.4 Å². The fraction of sp³-hybridized carbons (Fsp3) is 0.310. The standard InChI is InChI=1S/C29H30BrFN2O6S/c30-25-10-5-4-9-24(25)26-29(28(35)32-17-16-31,15-20-40(36,37)23-7-2-1-3-8-23)33-27(39-26)21-11-13-22(14-12-21)38-19-6-18-34/h1-5,7-14,26,34H,6,15-20H2,(H,32,35)/t26-,29-/m1/s1. The Morgan fingerprint density at radius 2 is 1.77 bits per heavy atom. The number of hydrogen-bond donors (Lipinski definition) is 2. The van der Waals surface area contributed by atoms with Crippen LogP contribution < -0.4 is 10.1 Å². The largest absolute Gasteiger partial charge is 0.494 e. The molecule has 2 N–H and O–H groups in total. The number of rotatable bonds is 13. The number of benzene rings is 3. The summed E-state index contributed by atoms with van der Waals surface area (Å²) in [6.45, 7) is -0.671. The van der Waals surface area contributed by atoms with Crippen molar-refractivity contribution >= 4 is 37.6 Å². The van der Waals surface area contributed by atoms with E-state index in [1.54, 1.807) is 60.7 Å². The summed E-state index contributed by atoms with van der Waals surface area (Å²) in [7, 11) is -3.78. The molecule has 1 aliphatic rings. The average molecular weight is 634 g/mol. The van der Waals surface area contributed by atoms with Crippen LogP contribution in [0.5, 0.6) is 5.75 Å². The molecule has 3 aromatic rings. The lowest BCUT2D eigenvalue weighted by Crippen LogP contribution is -2.49. The van der Waals surface area contributed by atoms with E-state index in [0.29, 0.717) is 34.4 Å². The third-order valence-corrected chi connectivity index (χ3v) is 8.91. The highest BCUT2D eigenvalue weighted by atomic mass is 79.9. The molecule has 0 unspecified atom stereocenters. The molecule has 3 aromatic carbocycles. The van der Waals surface area contributed by atoms with E-state index < -0.39 is 39.8 Å². The van der Waals surface area contributed by atoms with Crippen molar-refractivity contribution in [3.8, 4) is 5.75 Å². The minimum absolute atomic E-state index is 0.0196. The first-order chi connectivity index (χ1) is 19.3. The molecule has 8 nitrogen and oxygen atoms in total. The maximum absolute atomic E-state index is 13.7. The first-order valence-electron chi connectivity index (χ1n) is 12.8. The zero-order chi connectivity index (χ0) is 28.6. The number of carbonyl (C=O) groups excluding carboxylic acids is 1. The highest BCUT2D eigenvalue weighted by molar-refractivity contribution is 9.10. The van der Waals surface area contributed by atoms with Gasteiger partial charge in [0.25, 0.3) is 5.91 Å². The van der Waals surface area contributed by atoms with E-state index in [1.165, 1.54) is 12.1 Å². The lowest BCUT2D eigenvalue weighted by Gasteiger charge is -2.31. The quantitative estimate of drug-likeness (QED) is 0.270. The van der Waals surface area contributed by atoms with Gasteiger partial charge in [-0.1, -0.05) is 52.3 Å². The van der Waals surface area contributed by atoms with Gasteiger partial charge in [-0.05, 0) is 42.5 Å². The van der Waals surface area contributed by atoms with Gasteiger partial charge in [0.05, 0.1) is 17.3 Å². The van der Waals surface area contributed by atoms with Gasteiger partial charge in [-0.2, -0.15) is 0 Å². The number of sulfone groups is 1. The van der Waals surface area contributed by atoms with Crippen molar-refractivity contribution in [3.05, 3.63) is 94.5 Å². The fourth-order valence-electron chi connectivity index (χ4n) is 4.38. The SMILES string of the molecule is O=C(NCCF)[C@]1(CCS(=O)(=O)c2ccccc2)N=C(c2ccc(OCCCO)cc2)O[C@@H]1c1ccccc1Br. The Hall–Kier alpha value is -3.28. The zero-order valence-electron chi connectivity index (χ0n) is 21.6. The Balaban J connectivity index is 1.76. The van der Waals surface area contributed by atoms with Crippen molar-refractivity contribution in [3.63, 3.8) is 0 Å². The number of aliphatic hydroxyl groups excluding tert-OH is 1. The number of alkyl halides is 1. The van der Waals surface area contributed by atoms with Crippen LogP contribution in [0.4, 0.5) is 4.39 Å². The van der Waals surface area contributed by atoms with Crippen molar-refractivity contribution in [1.29, 1.82) is 0 Å². The zero-order valence-corrected chi connectivity index (χ0v) is 24.0. The Labute approximate surface area is 241 Å². The topological polar surface area (TPSA) is 114 Å². The van der Waals surface area contributed by atoms with Crippen molar-refractivity contribution in [1.82, 2.24) is 5.32 Å². The number of halogens is 2. The van der Waals surface area contributed by atoms with Crippen LogP contribution in [0.25, 0.3) is 0 Å². The van der Waals surface area contributed by atoms with Crippen molar-refractivity contribution in [2.75, 3.05) is 32.2 Å². The number of nitrogens with one attached hydrogen (secondary N) is 1. The van der Waals surface area contributed by atoms with E-state index in [0.717, 1.165) is 0 Å². The Kier molecular flexibility index (Phi) is 9.94. The Bertz CT molecular complexity index is 1440. The molecule has 0 aliphatic carbocycles. The molecule has 0 saturated heterocycles. The molecule has 0 saturated carbocycles. The minimum Gasteiger partial charge on any atom is -0.494 e. The summed E-state index contributed by atoms with van der Waals surface area (Å²) in [5.74, 6) is -0.291. The van der Waals surface area contributed by atoms with Crippen molar-refractivity contribution < 1.29 is 32.2 Å². The molecule has 1 amide bonds. The summed E-state index contributed by atoms with van der Waals surface area (Å²) < 4.78 is 52.2. The molecule has 40 heavy (non-hydrogen) atoms. The van der Waals surface area contributed by atoms with Crippen LogP contribution >= 0.6 is 15.9 Å². The number of aliphatic hydroxyl groups is 1. The Morgan fingerprint density at radius 3 is 2.45 bits per heavy atom. The van der Waals surface area contributed by atoms with Crippen LogP contribution in [0.3, 0.4) is 0 Å². The summed E-state index contributed by atoms with van der Waals surface area (Å²) in [4.78, 5) is 18.6. The van der Waals surface area contributed by atoms with Gasteiger partial charge in [-0.25, -0.2) is 17.8 Å². The van der Waals surface area contributed by atoms with Gasteiger partial charge in [-0.15, -0.1) is 0 Å². The summed E-state index contributed by atoms with van der Waals surface area (Å²) in [5, 5.41) is 11.5. The third kappa shape index (κ3) is 6.71. The number of amides is 1. The van der Waals surface area contributed by atoms with Crippen LogP contribution in [-0.4, -0.2) is 63.1 Å². The Morgan fingerprint density at radius 1 is 1.07 bits per heavy atom. The molecular formula is C29H30BrFN2O6S. The minimum atomic E-state index is -3.78. The van der Waals surface area contributed by atoms with Crippen LogP contribution in [0.2, 0.25) is 0 Å². The molecule has 1 heterocycles. The molecule has 0 spiro atoms. The van der Waals surface area contributed by atoms with E-state index in [1.807, 2.05) is 6.07 Å². The maximum atomic E-state index is 13.7. The van der Waals surface area contributed by atoms with Crippen molar-refractivity contribution in [2.24, 2.45) is 4.99 Å². The predicted octanol–water partition coefficient (Wildman–Crippen LogP) is 4.42. The van der Waals surface area contributed by atoms with Crippen LogP contribution in [0, 0.1) is 0 Å². The fourth-order valence-corrected chi connectivity index (χ4v) is 6.26. The summed E-state index contributed by atoms with van der Waals surface area (Å²) >= 11 is 3.53. The lowest BCUT2D eigenvalue weighted by molar-refractivity contribution is -0.129. The molecule has 0 bridgehead atoms. The molecule has 4 rings (SSSR count). The summed E-state index contributed by atoms with van der Waals surface area (Å²) in [6, 6.07) is 22.0. The molecule has 11 heteroatoms. The van der Waals surface area contributed by atoms with Gasteiger partial charge in [0.15, 0.2) is 21.5 Å². The average Bonchev–Trinajstić information content (AvgIpc) is 3.37. The smallest absolute Gasteiger partial charge is 0.252 e. The second kappa shape index (κ2) is 13.4. The molecule has 0 aromatic heterocycles. The normalized spacial score (nSPS) is 18.6. The lowest BCUT2D eigenvalue weighted by atomic mass is 9.85. The van der Waals surface area contributed by atoms with E-state index in [4.69, 9.17) is 19.6 Å². The second-order valence-electron chi connectivity index (χ2n) is 9.14. The summed E-state index contributed by atoms with van der Waals surface area (Å²) in [6.07, 6.45) is -0.711. The van der Waals surface area contributed by atoms with Crippen LogP contribution in [-0.2, 0) is 19.4 Å². The molecule has 2 atom stereocenters. The van der Waals surface area contributed by atoms with Crippen molar-refractivity contribution in [2.45, 2.75) is 29.4 Å². The maximum Gasteiger partial charge on any atom is 0.252 e. The van der Waals surface area contributed by atoms with Gasteiger partial charge in [-0.3, -0.25) is 4.79 Å². The number of aliphatic imine (C=N–C) groups is 1.